The molecule has 0 unspecified atom stereocenters. The first-order chi connectivity index (χ1) is 15.4. The summed E-state index contributed by atoms with van der Waals surface area (Å²) in [5, 5.41) is 20.6. The monoisotopic (exact) mass is 431 g/mol. The average molecular weight is 431 g/mol. The number of hydrogen-bond acceptors (Lipinski definition) is 5. The first kappa shape index (κ1) is 21.0. The summed E-state index contributed by atoms with van der Waals surface area (Å²) in [6, 6.07) is 15.7. The molecule has 7 heteroatoms. The van der Waals surface area contributed by atoms with Crippen molar-refractivity contribution in [2.45, 2.75) is 6.42 Å². The van der Waals surface area contributed by atoms with E-state index in [0.29, 0.717) is 22.9 Å². The fraction of sp³-hybridized carbons (Fsp3) is 0.0800. The number of carbonyl (C=O) groups excluding carboxylic acids is 1. The number of carboxylic acid groups (broad SMARTS) is 1. The molecule has 0 spiro atoms. The van der Waals surface area contributed by atoms with E-state index in [4.69, 9.17) is 4.74 Å². The number of ether oxygens (including phenoxy) is 1. The van der Waals surface area contributed by atoms with Crippen LogP contribution in [-0.2, 0) is 11.2 Å². The second-order valence-electron chi connectivity index (χ2n) is 7.24. The maximum atomic E-state index is 13.2. The normalized spacial score (nSPS) is 10.8. The van der Waals surface area contributed by atoms with Gasteiger partial charge in [-0.2, -0.15) is 0 Å². The third-order valence-corrected chi connectivity index (χ3v) is 5.15. The van der Waals surface area contributed by atoms with Crippen LogP contribution in [0.3, 0.4) is 0 Å². The molecule has 1 heterocycles. The number of aromatic hydroxyl groups is 1. The van der Waals surface area contributed by atoms with Gasteiger partial charge in [-0.1, -0.05) is 24.3 Å². The molecule has 0 aliphatic heterocycles. The molecule has 4 rings (SSSR count). The first-order valence-corrected chi connectivity index (χ1v) is 9.68. The van der Waals surface area contributed by atoms with Gasteiger partial charge in [0.1, 0.15) is 16.9 Å². The lowest BCUT2D eigenvalue weighted by atomic mass is 9.94. The van der Waals surface area contributed by atoms with E-state index in [0.717, 1.165) is 11.1 Å². The fourth-order valence-corrected chi connectivity index (χ4v) is 3.58. The minimum atomic E-state index is -1.08. The third kappa shape index (κ3) is 4.00. The van der Waals surface area contributed by atoms with Crippen LogP contribution in [0.4, 0.5) is 4.39 Å². The highest BCUT2D eigenvalue weighted by molar-refractivity contribution is 6.06. The molecular weight excluding hydrogens is 413 g/mol. The number of methoxy groups -OCH3 is 1. The maximum Gasteiger partial charge on any atom is 0.341 e. The summed E-state index contributed by atoms with van der Waals surface area (Å²) in [6.07, 6.45) is 2.04. The Balaban J connectivity index is 1.93. The summed E-state index contributed by atoms with van der Waals surface area (Å²) in [5.74, 6) is -2.47. The summed E-state index contributed by atoms with van der Waals surface area (Å²) in [5.41, 5.74) is 2.93. The van der Waals surface area contributed by atoms with Gasteiger partial charge in [0.15, 0.2) is 5.75 Å². The van der Waals surface area contributed by atoms with E-state index in [1.54, 1.807) is 30.5 Å². The summed E-state index contributed by atoms with van der Waals surface area (Å²) < 4.78 is 18.0. The van der Waals surface area contributed by atoms with Crippen molar-refractivity contribution in [3.05, 3.63) is 94.9 Å². The molecule has 0 aliphatic rings. The fourth-order valence-electron chi connectivity index (χ4n) is 3.58. The van der Waals surface area contributed by atoms with Crippen LogP contribution >= 0.6 is 0 Å². The SMILES string of the molecule is COC(=O)c1cc(-c2cccc(C(=O)O)c2)c2cc(Cc3ccc(F)cc3)cnc2c1O. The molecule has 32 heavy (non-hydrogen) atoms. The van der Waals surface area contributed by atoms with Crippen molar-refractivity contribution >= 4 is 22.8 Å². The summed E-state index contributed by atoms with van der Waals surface area (Å²) in [6.45, 7) is 0. The van der Waals surface area contributed by atoms with Crippen LogP contribution in [0.25, 0.3) is 22.0 Å². The van der Waals surface area contributed by atoms with E-state index >= 15 is 0 Å². The molecule has 0 atom stereocenters. The molecule has 0 radical (unpaired) electrons. The van der Waals surface area contributed by atoms with Crippen LogP contribution in [0, 0.1) is 5.82 Å². The molecule has 0 amide bonds. The zero-order valence-corrected chi connectivity index (χ0v) is 17.0. The summed E-state index contributed by atoms with van der Waals surface area (Å²) in [7, 11) is 1.20. The lowest BCUT2D eigenvalue weighted by molar-refractivity contribution is 0.0596. The van der Waals surface area contributed by atoms with Crippen LogP contribution in [-0.4, -0.2) is 34.2 Å². The Kier molecular flexibility index (Phi) is 5.55. The van der Waals surface area contributed by atoms with Crippen LogP contribution < -0.4 is 0 Å². The average Bonchev–Trinajstić information content (AvgIpc) is 2.80. The van der Waals surface area contributed by atoms with Crippen molar-refractivity contribution in [1.29, 1.82) is 0 Å². The number of carboxylic acids is 1. The van der Waals surface area contributed by atoms with Crippen LogP contribution in [0.1, 0.15) is 31.8 Å². The van der Waals surface area contributed by atoms with Crippen molar-refractivity contribution in [2.75, 3.05) is 7.11 Å². The molecule has 0 saturated carbocycles. The van der Waals surface area contributed by atoms with Gasteiger partial charge in [0, 0.05) is 11.6 Å². The highest BCUT2D eigenvalue weighted by atomic mass is 19.1. The second-order valence-corrected chi connectivity index (χ2v) is 7.24. The second kappa shape index (κ2) is 8.47. The predicted molar refractivity (Wildman–Crippen MR) is 116 cm³/mol. The number of hydrogen-bond donors (Lipinski definition) is 2. The number of phenols is 1. The highest BCUT2D eigenvalue weighted by Crippen LogP contribution is 2.37. The molecule has 0 bridgehead atoms. The van der Waals surface area contributed by atoms with E-state index in [-0.39, 0.29) is 28.2 Å². The van der Waals surface area contributed by atoms with E-state index in [1.807, 2.05) is 6.07 Å². The number of fused-ring (bicyclic) bond motifs is 1. The lowest BCUT2D eigenvalue weighted by Gasteiger charge is -2.13. The van der Waals surface area contributed by atoms with Crippen molar-refractivity contribution in [3.8, 4) is 16.9 Å². The number of halogens is 1. The predicted octanol–water partition coefficient (Wildman–Crippen LogP) is 4.82. The zero-order valence-electron chi connectivity index (χ0n) is 17.0. The zero-order chi connectivity index (χ0) is 22.8. The number of phenolic OH excluding ortho intramolecular Hbond substituents is 1. The quantitative estimate of drug-likeness (QED) is 0.440. The van der Waals surface area contributed by atoms with Gasteiger partial charge >= 0.3 is 11.9 Å². The van der Waals surface area contributed by atoms with Gasteiger partial charge < -0.3 is 14.9 Å². The molecule has 0 fully saturated rings. The summed E-state index contributed by atoms with van der Waals surface area (Å²) in [4.78, 5) is 28.1. The number of nitrogens with zero attached hydrogens (tertiary/aromatic N) is 1. The molecule has 6 nitrogen and oxygen atoms in total. The smallest absolute Gasteiger partial charge is 0.341 e. The van der Waals surface area contributed by atoms with Gasteiger partial charge in [0.05, 0.1) is 12.7 Å². The maximum absolute atomic E-state index is 13.2. The molecule has 3 aromatic carbocycles. The summed E-state index contributed by atoms with van der Waals surface area (Å²) >= 11 is 0. The van der Waals surface area contributed by atoms with Crippen molar-refractivity contribution in [3.63, 3.8) is 0 Å². The van der Waals surface area contributed by atoms with Crippen LogP contribution in [0.15, 0.2) is 66.9 Å². The third-order valence-electron chi connectivity index (χ3n) is 5.15. The number of pyridine rings is 1. The Labute approximate surface area is 182 Å². The van der Waals surface area contributed by atoms with Crippen molar-refractivity contribution in [2.24, 2.45) is 0 Å². The Bertz CT molecular complexity index is 1350. The lowest BCUT2D eigenvalue weighted by Crippen LogP contribution is -2.04. The Hall–Kier alpha value is -4.26. The minimum Gasteiger partial charge on any atom is -0.505 e. The number of benzene rings is 3. The van der Waals surface area contributed by atoms with Gasteiger partial charge in [0.2, 0.25) is 0 Å². The van der Waals surface area contributed by atoms with E-state index in [9.17, 15) is 24.2 Å². The number of aromatic carboxylic acids is 1. The Morgan fingerprint density at radius 1 is 1.03 bits per heavy atom. The largest absolute Gasteiger partial charge is 0.505 e. The van der Waals surface area contributed by atoms with Gasteiger partial charge in [-0.25, -0.2) is 14.0 Å². The Morgan fingerprint density at radius 2 is 1.78 bits per heavy atom. The molecule has 2 N–H and O–H groups in total. The van der Waals surface area contributed by atoms with Gasteiger partial charge in [-0.15, -0.1) is 0 Å². The van der Waals surface area contributed by atoms with E-state index in [1.165, 1.54) is 37.4 Å². The Morgan fingerprint density at radius 3 is 2.47 bits per heavy atom. The number of rotatable bonds is 5. The van der Waals surface area contributed by atoms with Gasteiger partial charge in [-0.3, -0.25) is 4.98 Å². The number of carbonyl (C=O) groups is 2. The highest BCUT2D eigenvalue weighted by Gasteiger charge is 2.20. The first-order valence-electron chi connectivity index (χ1n) is 9.68. The molecule has 0 saturated heterocycles. The van der Waals surface area contributed by atoms with Crippen LogP contribution in [0.2, 0.25) is 0 Å². The van der Waals surface area contributed by atoms with Crippen molar-refractivity contribution < 1.29 is 28.9 Å². The van der Waals surface area contributed by atoms with E-state index < -0.39 is 11.9 Å². The topological polar surface area (TPSA) is 96.7 Å². The van der Waals surface area contributed by atoms with Gasteiger partial charge in [0.25, 0.3) is 0 Å². The molecule has 0 aliphatic carbocycles. The number of aromatic nitrogens is 1. The molecule has 160 valence electrons. The van der Waals surface area contributed by atoms with E-state index in [2.05, 4.69) is 4.98 Å². The van der Waals surface area contributed by atoms with Gasteiger partial charge in [-0.05, 0) is 65.1 Å². The molecular formula is C25H18FNO5. The molecule has 4 aromatic rings. The van der Waals surface area contributed by atoms with Crippen LogP contribution in [0.5, 0.6) is 5.75 Å². The minimum absolute atomic E-state index is 0.0745. The standard InChI is InChI=1S/C25H18FNO5/c1-32-25(31)21-12-19(16-3-2-4-17(11-16)24(29)30)20-10-15(13-27-22(20)23(21)28)9-14-5-7-18(26)8-6-14/h2-8,10-13,28H,9H2,1H3,(H,29,30). The molecule has 1 aromatic heterocycles. The number of esters is 1. The van der Waals surface area contributed by atoms with Crippen molar-refractivity contribution in [1.82, 2.24) is 4.98 Å².